The molecular weight excluding hydrogens is 765 g/mol. The van der Waals surface area contributed by atoms with Gasteiger partial charge in [-0.15, -0.1) is 0 Å². The van der Waals surface area contributed by atoms with E-state index >= 15 is 0 Å². The van der Waals surface area contributed by atoms with Gasteiger partial charge >= 0.3 is 0 Å². The van der Waals surface area contributed by atoms with Crippen LogP contribution in [0.3, 0.4) is 0 Å². The Morgan fingerprint density at radius 3 is 1.00 bits per heavy atom. The summed E-state index contributed by atoms with van der Waals surface area (Å²) in [5, 5.41) is 0. The molecule has 0 N–H and O–H groups in total. The lowest BCUT2D eigenvalue weighted by Gasteiger charge is -2.22. The van der Waals surface area contributed by atoms with Crippen molar-refractivity contribution in [1.82, 2.24) is 29.9 Å². The zero-order valence-electron chi connectivity index (χ0n) is 33.1. The van der Waals surface area contributed by atoms with E-state index in [0.717, 1.165) is 55.6 Å². The van der Waals surface area contributed by atoms with Crippen molar-refractivity contribution >= 4 is 0 Å². The quantitative estimate of drug-likeness (QED) is 0.150. The molecule has 0 bridgehead atoms. The Morgan fingerprint density at radius 2 is 0.548 bits per heavy atom. The molecule has 8 nitrogen and oxygen atoms in total. The molecule has 0 unspecified atom stereocenters. The largest absolute Gasteiger partial charge is 0.450 e. The highest BCUT2D eigenvalue weighted by Gasteiger charge is 2.23. The lowest BCUT2D eigenvalue weighted by molar-refractivity contribution is 0.360. The zero-order chi connectivity index (χ0) is 41.2. The fraction of sp³-hybridized carbons (Fsp3) is 0. The maximum absolute atomic E-state index is 6.61. The number of fused-ring (bicyclic) bond motifs is 2. The summed E-state index contributed by atoms with van der Waals surface area (Å²) in [5.74, 6) is 5.76. The van der Waals surface area contributed by atoms with Crippen molar-refractivity contribution in [2.24, 2.45) is 0 Å². The summed E-state index contributed by atoms with van der Waals surface area (Å²) >= 11 is 0. The van der Waals surface area contributed by atoms with E-state index in [1.807, 2.05) is 182 Å². The summed E-state index contributed by atoms with van der Waals surface area (Å²) in [6, 6.07) is 68.3. The summed E-state index contributed by atoms with van der Waals surface area (Å²) in [4.78, 5) is 30.4. The van der Waals surface area contributed by atoms with Crippen molar-refractivity contribution in [3.63, 3.8) is 0 Å². The molecule has 292 valence electrons. The average Bonchev–Trinajstić information content (AvgIpc) is 3.36. The Bertz CT molecular complexity index is 3110. The normalized spacial score (nSPS) is 11.5. The van der Waals surface area contributed by atoms with Gasteiger partial charge in [-0.25, -0.2) is 29.9 Å². The predicted octanol–water partition coefficient (Wildman–Crippen LogP) is 13.3. The standard InChI is InChI=1S/C54H34N6O2/c1-6-16-35(17-7-1)40-27-30-45-47(33-40)62-48-34-41(28-31-46(48)61-45)43-29-26-42(53-57-49(36-18-8-2-9-19-36)55-50(58-53)37-20-10-3-11-21-37)32-44(43)54-59-51(38-22-12-4-13-23-38)56-52(60-54)39-24-14-5-15-25-39/h1-34H. The monoisotopic (exact) mass is 798 g/mol. The minimum Gasteiger partial charge on any atom is -0.450 e. The van der Waals surface area contributed by atoms with Crippen molar-refractivity contribution in [1.29, 1.82) is 0 Å². The fourth-order valence-corrected chi connectivity index (χ4v) is 7.55. The highest BCUT2D eigenvalue weighted by atomic mass is 16.6. The molecule has 0 saturated carbocycles. The molecule has 0 radical (unpaired) electrons. The van der Waals surface area contributed by atoms with Crippen LogP contribution in [-0.2, 0) is 0 Å². The highest BCUT2D eigenvalue weighted by molar-refractivity contribution is 5.86. The highest BCUT2D eigenvalue weighted by Crippen LogP contribution is 2.48. The van der Waals surface area contributed by atoms with E-state index in [2.05, 4.69) is 24.3 Å². The second-order valence-electron chi connectivity index (χ2n) is 14.7. The summed E-state index contributed by atoms with van der Waals surface area (Å²) in [5.41, 5.74) is 8.91. The number of ether oxygens (including phenoxy) is 2. The second-order valence-corrected chi connectivity index (χ2v) is 14.7. The van der Waals surface area contributed by atoms with Crippen molar-refractivity contribution in [3.8, 4) is 114 Å². The summed E-state index contributed by atoms with van der Waals surface area (Å²) < 4.78 is 13.0. The first-order valence-electron chi connectivity index (χ1n) is 20.3. The Labute approximate surface area is 357 Å². The molecule has 0 atom stereocenters. The average molecular weight is 799 g/mol. The molecule has 1 aliphatic heterocycles. The minimum absolute atomic E-state index is 0.489. The number of hydrogen-bond donors (Lipinski definition) is 0. The number of aromatic nitrogens is 6. The number of nitrogens with zero attached hydrogens (tertiary/aromatic N) is 6. The van der Waals surface area contributed by atoms with Crippen molar-refractivity contribution < 1.29 is 9.47 Å². The van der Waals surface area contributed by atoms with Gasteiger partial charge in [-0.2, -0.15) is 0 Å². The van der Waals surface area contributed by atoms with E-state index in [4.69, 9.17) is 39.4 Å². The van der Waals surface area contributed by atoms with Crippen LogP contribution in [0.1, 0.15) is 0 Å². The molecule has 11 rings (SSSR count). The van der Waals surface area contributed by atoms with Gasteiger partial charge in [-0.1, -0.05) is 176 Å². The van der Waals surface area contributed by atoms with Crippen molar-refractivity contribution in [2.75, 3.05) is 0 Å². The van der Waals surface area contributed by atoms with Crippen molar-refractivity contribution in [2.45, 2.75) is 0 Å². The van der Waals surface area contributed by atoms with Crippen LogP contribution in [0.2, 0.25) is 0 Å². The molecule has 1 aliphatic rings. The third-order valence-corrected chi connectivity index (χ3v) is 10.7. The van der Waals surface area contributed by atoms with Crippen LogP contribution in [0.25, 0.3) is 90.6 Å². The van der Waals surface area contributed by atoms with Crippen LogP contribution in [0.15, 0.2) is 206 Å². The predicted molar refractivity (Wildman–Crippen MR) is 243 cm³/mol. The zero-order valence-corrected chi connectivity index (χ0v) is 33.1. The van der Waals surface area contributed by atoms with Crippen LogP contribution in [0.5, 0.6) is 23.0 Å². The van der Waals surface area contributed by atoms with Crippen LogP contribution in [0.4, 0.5) is 0 Å². The van der Waals surface area contributed by atoms with E-state index in [0.29, 0.717) is 57.9 Å². The van der Waals surface area contributed by atoms with Gasteiger partial charge in [-0.3, -0.25) is 0 Å². The van der Waals surface area contributed by atoms with E-state index in [1.165, 1.54) is 0 Å². The van der Waals surface area contributed by atoms with Gasteiger partial charge in [-0.05, 0) is 52.6 Å². The Balaban J connectivity index is 1.09. The van der Waals surface area contributed by atoms with Gasteiger partial charge in [0.1, 0.15) is 0 Å². The molecule has 0 aliphatic carbocycles. The Morgan fingerprint density at radius 1 is 0.210 bits per heavy atom. The summed E-state index contributed by atoms with van der Waals surface area (Å²) in [6.07, 6.45) is 0. The Hall–Kier alpha value is -8.62. The van der Waals surface area contributed by atoms with Gasteiger partial charge < -0.3 is 9.47 Å². The second kappa shape index (κ2) is 15.9. The summed E-state index contributed by atoms with van der Waals surface area (Å²) in [7, 11) is 0. The number of hydrogen-bond acceptors (Lipinski definition) is 8. The van der Waals surface area contributed by atoms with Gasteiger partial charge in [0.15, 0.2) is 57.9 Å². The molecule has 3 heterocycles. The first-order chi connectivity index (χ1) is 30.7. The van der Waals surface area contributed by atoms with Crippen molar-refractivity contribution in [3.05, 3.63) is 206 Å². The fourth-order valence-electron chi connectivity index (χ4n) is 7.55. The molecule has 0 saturated heterocycles. The van der Waals surface area contributed by atoms with Gasteiger partial charge in [0.05, 0.1) is 0 Å². The smallest absolute Gasteiger partial charge is 0.170 e. The molecule has 62 heavy (non-hydrogen) atoms. The first-order valence-corrected chi connectivity index (χ1v) is 20.3. The SMILES string of the molecule is c1ccc(-c2ccc3c(c2)Oc2cc(-c4ccc(-c5nc(-c6ccccc6)nc(-c6ccccc6)n5)cc4-c4nc(-c5ccccc5)nc(-c5ccccc5)n4)ccc2O3)cc1. The van der Waals surface area contributed by atoms with E-state index in [9.17, 15) is 0 Å². The van der Waals surface area contributed by atoms with Gasteiger partial charge in [0.25, 0.3) is 0 Å². The molecule has 0 spiro atoms. The minimum atomic E-state index is 0.489. The third-order valence-electron chi connectivity index (χ3n) is 10.7. The lowest BCUT2D eigenvalue weighted by Crippen LogP contribution is -2.03. The molecular formula is C54H34N6O2. The molecule has 8 heteroatoms. The maximum Gasteiger partial charge on any atom is 0.170 e. The van der Waals surface area contributed by atoms with E-state index in [-0.39, 0.29) is 0 Å². The molecule has 0 fully saturated rings. The van der Waals surface area contributed by atoms with E-state index < -0.39 is 0 Å². The Kier molecular flexibility index (Phi) is 9.33. The topological polar surface area (TPSA) is 95.8 Å². The van der Waals surface area contributed by atoms with E-state index in [1.54, 1.807) is 0 Å². The molecule has 10 aromatic rings. The lowest BCUT2D eigenvalue weighted by atomic mass is 9.96. The molecule has 8 aromatic carbocycles. The number of rotatable bonds is 8. The third kappa shape index (κ3) is 7.22. The van der Waals surface area contributed by atoms with Crippen LogP contribution in [0, 0.1) is 0 Å². The first kappa shape index (κ1) is 36.5. The van der Waals surface area contributed by atoms with Gasteiger partial charge in [0, 0.05) is 33.4 Å². The van der Waals surface area contributed by atoms with Crippen LogP contribution in [-0.4, -0.2) is 29.9 Å². The summed E-state index contributed by atoms with van der Waals surface area (Å²) in [6.45, 7) is 0. The number of benzene rings is 8. The maximum atomic E-state index is 6.61. The van der Waals surface area contributed by atoms with Crippen LogP contribution >= 0.6 is 0 Å². The molecule has 0 amide bonds. The molecule has 2 aromatic heterocycles. The van der Waals surface area contributed by atoms with Gasteiger partial charge in [0.2, 0.25) is 0 Å². The van der Waals surface area contributed by atoms with Crippen LogP contribution < -0.4 is 9.47 Å².